The van der Waals surface area contributed by atoms with Crippen molar-refractivity contribution >= 4 is 11.7 Å². The SMILES string of the molecule is CC(C)n1cncc1CN1CC(C(=O)O)c2ccccc21. The van der Waals surface area contributed by atoms with Crippen LogP contribution < -0.4 is 4.90 Å². The van der Waals surface area contributed by atoms with Crippen LogP contribution in [0.5, 0.6) is 0 Å². The van der Waals surface area contributed by atoms with Crippen LogP contribution in [0, 0.1) is 0 Å². The summed E-state index contributed by atoms with van der Waals surface area (Å²) in [5.41, 5.74) is 3.02. The minimum absolute atomic E-state index is 0.343. The zero-order chi connectivity index (χ0) is 15.0. The molecule has 0 radical (unpaired) electrons. The zero-order valence-electron chi connectivity index (χ0n) is 12.2. The smallest absolute Gasteiger partial charge is 0.312 e. The molecule has 3 rings (SSSR count). The predicted octanol–water partition coefficient (Wildman–Crippen LogP) is 2.65. The highest BCUT2D eigenvalue weighted by molar-refractivity contribution is 5.82. The average Bonchev–Trinajstić information content (AvgIpc) is 3.04. The molecule has 1 aromatic heterocycles. The van der Waals surface area contributed by atoms with Crippen molar-refractivity contribution in [2.45, 2.75) is 32.4 Å². The molecule has 0 saturated carbocycles. The Morgan fingerprint density at radius 3 is 2.90 bits per heavy atom. The van der Waals surface area contributed by atoms with Crippen LogP contribution in [0.25, 0.3) is 0 Å². The van der Waals surface area contributed by atoms with Gasteiger partial charge in [-0.05, 0) is 25.5 Å². The van der Waals surface area contributed by atoms with E-state index in [0.29, 0.717) is 19.1 Å². The fourth-order valence-corrected chi connectivity index (χ4v) is 2.96. The first kappa shape index (κ1) is 13.7. The van der Waals surface area contributed by atoms with E-state index in [2.05, 4.69) is 28.3 Å². The molecule has 1 aliphatic heterocycles. The normalized spacial score (nSPS) is 17.3. The number of hydrogen-bond donors (Lipinski definition) is 1. The van der Waals surface area contributed by atoms with E-state index < -0.39 is 11.9 Å². The first-order chi connectivity index (χ1) is 10.1. The maximum atomic E-state index is 11.4. The van der Waals surface area contributed by atoms with E-state index in [9.17, 15) is 9.90 Å². The summed E-state index contributed by atoms with van der Waals surface area (Å²) in [6.07, 6.45) is 3.69. The predicted molar refractivity (Wildman–Crippen MR) is 80.5 cm³/mol. The number of aliphatic carboxylic acids is 1. The van der Waals surface area contributed by atoms with Crippen molar-refractivity contribution in [1.29, 1.82) is 0 Å². The van der Waals surface area contributed by atoms with E-state index in [-0.39, 0.29) is 0 Å². The van der Waals surface area contributed by atoms with Crippen LogP contribution in [0.4, 0.5) is 5.69 Å². The largest absolute Gasteiger partial charge is 0.481 e. The van der Waals surface area contributed by atoms with Crippen LogP contribution in [-0.2, 0) is 11.3 Å². The van der Waals surface area contributed by atoms with Crippen LogP contribution in [0.2, 0.25) is 0 Å². The lowest BCUT2D eigenvalue weighted by Gasteiger charge is -2.21. The quantitative estimate of drug-likeness (QED) is 0.938. The van der Waals surface area contributed by atoms with Gasteiger partial charge in [-0.1, -0.05) is 18.2 Å². The molecule has 1 N–H and O–H groups in total. The molecule has 2 aromatic rings. The second kappa shape index (κ2) is 5.24. The second-order valence-corrected chi connectivity index (χ2v) is 5.72. The minimum atomic E-state index is -0.762. The molecule has 21 heavy (non-hydrogen) atoms. The van der Waals surface area contributed by atoms with Crippen LogP contribution in [0.15, 0.2) is 36.8 Å². The Balaban J connectivity index is 1.90. The van der Waals surface area contributed by atoms with Gasteiger partial charge in [-0.3, -0.25) is 4.79 Å². The van der Waals surface area contributed by atoms with Crippen LogP contribution in [0.3, 0.4) is 0 Å². The third kappa shape index (κ3) is 2.39. The lowest BCUT2D eigenvalue weighted by molar-refractivity contribution is -0.138. The number of fused-ring (bicyclic) bond motifs is 1. The molecule has 0 spiro atoms. The van der Waals surface area contributed by atoms with Crippen molar-refractivity contribution in [3.05, 3.63) is 48.0 Å². The Kier molecular flexibility index (Phi) is 3.41. The summed E-state index contributed by atoms with van der Waals surface area (Å²) in [4.78, 5) is 17.8. The second-order valence-electron chi connectivity index (χ2n) is 5.72. The molecule has 2 heterocycles. The van der Waals surface area contributed by atoms with Gasteiger partial charge in [0.1, 0.15) is 5.92 Å². The number of carboxylic acid groups (broad SMARTS) is 1. The molecule has 1 atom stereocenters. The van der Waals surface area contributed by atoms with Crippen molar-refractivity contribution in [2.75, 3.05) is 11.4 Å². The highest BCUT2D eigenvalue weighted by Gasteiger charge is 2.33. The molecule has 1 aliphatic rings. The molecular formula is C16H19N3O2. The van der Waals surface area contributed by atoms with Gasteiger partial charge in [0.2, 0.25) is 0 Å². The molecule has 0 bridgehead atoms. The first-order valence-corrected chi connectivity index (χ1v) is 7.15. The number of para-hydroxylation sites is 1. The Morgan fingerprint density at radius 1 is 1.43 bits per heavy atom. The topological polar surface area (TPSA) is 58.4 Å². The summed E-state index contributed by atoms with van der Waals surface area (Å²) >= 11 is 0. The molecule has 5 nitrogen and oxygen atoms in total. The Morgan fingerprint density at radius 2 is 2.19 bits per heavy atom. The number of carboxylic acids is 1. The summed E-state index contributed by atoms with van der Waals surface area (Å²) in [7, 11) is 0. The summed E-state index contributed by atoms with van der Waals surface area (Å²) in [5, 5.41) is 9.40. The van der Waals surface area contributed by atoms with Crippen LogP contribution in [-0.4, -0.2) is 27.2 Å². The van der Waals surface area contributed by atoms with Gasteiger partial charge in [-0.25, -0.2) is 4.98 Å². The Bertz CT molecular complexity index is 663. The van der Waals surface area contributed by atoms with Gasteiger partial charge in [0, 0.05) is 24.5 Å². The molecule has 0 saturated heterocycles. The van der Waals surface area contributed by atoms with Crippen LogP contribution >= 0.6 is 0 Å². The lowest BCUT2D eigenvalue weighted by Crippen LogP contribution is -2.25. The van der Waals surface area contributed by atoms with Gasteiger partial charge in [0.15, 0.2) is 0 Å². The Hall–Kier alpha value is -2.30. The van der Waals surface area contributed by atoms with Crippen molar-refractivity contribution < 1.29 is 9.90 Å². The van der Waals surface area contributed by atoms with E-state index in [1.165, 1.54) is 0 Å². The Labute approximate surface area is 123 Å². The molecule has 5 heteroatoms. The van der Waals surface area contributed by atoms with Crippen molar-refractivity contribution in [2.24, 2.45) is 0 Å². The lowest BCUT2D eigenvalue weighted by atomic mass is 10.0. The average molecular weight is 285 g/mol. The third-order valence-corrected chi connectivity index (χ3v) is 4.01. The van der Waals surface area contributed by atoms with Gasteiger partial charge >= 0.3 is 5.97 Å². The molecular weight excluding hydrogens is 266 g/mol. The number of benzene rings is 1. The molecule has 0 aliphatic carbocycles. The minimum Gasteiger partial charge on any atom is -0.481 e. The molecule has 110 valence electrons. The van der Waals surface area contributed by atoms with Gasteiger partial charge in [0.25, 0.3) is 0 Å². The number of imidazole rings is 1. The number of rotatable bonds is 4. The van der Waals surface area contributed by atoms with E-state index in [1.54, 1.807) is 0 Å². The number of aromatic nitrogens is 2. The zero-order valence-corrected chi connectivity index (χ0v) is 12.2. The van der Waals surface area contributed by atoms with Gasteiger partial charge in [-0.15, -0.1) is 0 Å². The summed E-state index contributed by atoms with van der Waals surface area (Å²) in [5.74, 6) is -1.21. The fraction of sp³-hybridized carbons (Fsp3) is 0.375. The van der Waals surface area contributed by atoms with E-state index >= 15 is 0 Å². The van der Waals surface area contributed by atoms with Crippen molar-refractivity contribution in [3.63, 3.8) is 0 Å². The maximum absolute atomic E-state index is 11.4. The molecule has 1 unspecified atom stereocenters. The van der Waals surface area contributed by atoms with Gasteiger partial charge in [0.05, 0.1) is 18.6 Å². The highest BCUT2D eigenvalue weighted by atomic mass is 16.4. The fourth-order valence-electron chi connectivity index (χ4n) is 2.96. The van der Waals surface area contributed by atoms with E-state index in [4.69, 9.17) is 0 Å². The van der Waals surface area contributed by atoms with Crippen molar-refractivity contribution in [1.82, 2.24) is 9.55 Å². The highest BCUT2D eigenvalue weighted by Crippen LogP contribution is 2.37. The number of carbonyl (C=O) groups is 1. The van der Waals surface area contributed by atoms with Gasteiger partial charge in [-0.2, -0.15) is 0 Å². The van der Waals surface area contributed by atoms with Crippen molar-refractivity contribution in [3.8, 4) is 0 Å². The van der Waals surface area contributed by atoms with Crippen LogP contribution in [0.1, 0.15) is 37.1 Å². The molecule has 0 fully saturated rings. The monoisotopic (exact) mass is 285 g/mol. The maximum Gasteiger partial charge on any atom is 0.312 e. The molecule has 0 amide bonds. The number of anilines is 1. The third-order valence-electron chi connectivity index (χ3n) is 4.01. The number of hydrogen-bond acceptors (Lipinski definition) is 3. The summed E-state index contributed by atoms with van der Waals surface area (Å²) < 4.78 is 2.12. The van der Waals surface area contributed by atoms with Gasteiger partial charge < -0.3 is 14.6 Å². The number of nitrogens with zero attached hydrogens (tertiary/aromatic N) is 3. The summed E-state index contributed by atoms with van der Waals surface area (Å²) in [6, 6.07) is 8.10. The standard InChI is InChI=1S/C16H19N3O2/c1-11(2)19-10-17-7-12(19)8-18-9-14(16(20)21)13-5-3-4-6-15(13)18/h3-7,10-11,14H,8-9H2,1-2H3,(H,20,21). The first-order valence-electron chi connectivity index (χ1n) is 7.15. The van der Waals surface area contributed by atoms with E-state index in [1.807, 2.05) is 36.8 Å². The van der Waals surface area contributed by atoms with E-state index in [0.717, 1.165) is 16.9 Å². The summed E-state index contributed by atoms with van der Waals surface area (Å²) in [6.45, 7) is 5.42. The molecule has 1 aromatic carbocycles.